The van der Waals surface area contributed by atoms with Crippen LogP contribution in [-0.2, 0) is 19.1 Å². The minimum absolute atomic E-state index is 0.00403. The molecule has 0 saturated heterocycles. The number of ether oxygens (including phenoxy) is 2. The van der Waals surface area contributed by atoms with Crippen LogP contribution >= 0.6 is 0 Å². The SMILES string of the molecule is CCOC(=O)C(OC)C(=O)C1C[C@H]1CC. The highest BCUT2D eigenvalue weighted by Crippen LogP contribution is 2.42. The maximum Gasteiger partial charge on any atom is 0.343 e. The van der Waals surface area contributed by atoms with E-state index < -0.39 is 12.1 Å². The molecule has 4 heteroatoms. The molecule has 1 saturated carbocycles. The zero-order chi connectivity index (χ0) is 11.4. The van der Waals surface area contributed by atoms with E-state index in [2.05, 4.69) is 0 Å². The summed E-state index contributed by atoms with van der Waals surface area (Å²) in [6, 6.07) is 0. The number of methoxy groups -OCH3 is 1. The van der Waals surface area contributed by atoms with E-state index >= 15 is 0 Å². The van der Waals surface area contributed by atoms with Crippen molar-refractivity contribution >= 4 is 11.8 Å². The molecule has 4 nitrogen and oxygen atoms in total. The van der Waals surface area contributed by atoms with Crippen molar-refractivity contribution in [2.75, 3.05) is 13.7 Å². The van der Waals surface area contributed by atoms with E-state index in [-0.39, 0.29) is 18.3 Å². The Morgan fingerprint density at radius 1 is 1.40 bits per heavy atom. The second-order valence-corrected chi connectivity index (χ2v) is 3.78. The van der Waals surface area contributed by atoms with Crippen molar-refractivity contribution < 1.29 is 19.1 Å². The number of ketones is 1. The largest absolute Gasteiger partial charge is 0.464 e. The Balaban J connectivity index is 2.51. The van der Waals surface area contributed by atoms with Crippen LogP contribution in [0.25, 0.3) is 0 Å². The summed E-state index contributed by atoms with van der Waals surface area (Å²) in [5.74, 6) is -0.247. The third kappa shape index (κ3) is 2.78. The van der Waals surface area contributed by atoms with E-state index in [1.54, 1.807) is 6.92 Å². The Hall–Kier alpha value is -0.900. The van der Waals surface area contributed by atoms with Gasteiger partial charge in [0.1, 0.15) is 0 Å². The van der Waals surface area contributed by atoms with E-state index in [1.807, 2.05) is 6.92 Å². The first-order chi connectivity index (χ1) is 7.15. The van der Waals surface area contributed by atoms with Crippen LogP contribution in [0.5, 0.6) is 0 Å². The van der Waals surface area contributed by atoms with E-state index in [0.717, 1.165) is 12.8 Å². The van der Waals surface area contributed by atoms with Gasteiger partial charge in [0, 0.05) is 13.0 Å². The molecule has 0 aliphatic heterocycles. The van der Waals surface area contributed by atoms with Gasteiger partial charge < -0.3 is 9.47 Å². The lowest BCUT2D eigenvalue weighted by Crippen LogP contribution is -2.35. The summed E-state index contributed by atoms with van der Waals surface area (Å²) >= 11 is 0. The van der Waals surface area contributed by atoms with Gasteiger partial charge in [0.15, 0.2) is 5.78 Å². The predicted octanol–water partition coefficient (Wildman–Crippen LogP) is 1.18. The van der Waals surface area contributed by atoms with Gasteiger partial charge in [-0.15, -0.1) is 0 Å². The Kier molecular flexibility index (Phi) is 4.27. The summed E-state index contributed by atoms with van der Waals surface area (Å²) in [6.07, 6.45) is 0.844. The number of hydrogen-bond donors (Lipinski definition) is 0. The molecule has 0 bridgehead atoms. The van der Waals surface area contributed by atoms with Crippen molar-refractivity contribution in [3.05, 3.63) is 0 Å². The number of carbonyl (C=O) groups is 2. The second-order valence-electron chi connectivity index (χ2n) is 3.78. The van der Waals surface area contributed by atoms with Gasteiger partial charge in [0.25, 0.3) is 0 Å². The molecule has 1 rings (SSSR count). The number of hydrogen-bond acceptors (Lipinski definition) is 4. The highest BCUT2D eigenvalue weighted by molar-refractivity contribution is 6.04. The molecule has 0 heterocycles. The highest BCUT2D eigenvalue weighted by atomic mass is 16.6. The van der Waals surface area contributed by atoms with Crippen LogP contribution in [-0.4, -0.2) is 31.6 Å². The van der Waals surface area contributed by atoms with E-state index in [4.69, 9.17) is 9.47 Å². The van der Waals surface area contributed by atoms with Crippen LogP contribution in [0.2, 0.25) is 0 Å². The molecule has 3 atom stereocenters. The fourth-order valence-electron chi connectivity index (χ4n) is 1.79. The van der Waals surface area contributed by atoms with E-state index in [0.29, 0.717) is 5.92 Å². The molecule has 15 heavy (non-hydrogen) atoms. The summed E-state index contributed by atoms with van der Waals surface area (Å²) < 4.78 is 9.67. The molecule has 2 unspecified atom stereocenters. The molecular weight excluding hydrogens is 196 g/mol. The average Bonchev–Trinajstić information content (AvgIpc) is 2.98. The summed E-state index contributed by atoms with van der Waals surface area (Å²) in [4.78, 5) is 23.2. The molecule has 1 aliphatic rings. The fourth-order valence-corrected chi connectivity index (χ4v) is 1.79. The molecule has 86 valence electrons. The molecular formula is C11H18O4. The highest BCUT2D eigenvalue weighted by Gasteiger charge is 2.46. The standard InChI is InChI=1S/C11H18O4/c1-4-7-6-8(7)9(12)10(14-3)11(13)15-5-2/h7-8,10H,4-6H2,1-3H3/t7-,8?,10?/m1/s1. The van der Waals surface area contributed by atoms with Gasteiger partial charge in [-0.05, 0) is 19.3 Å². The number of esters is 1. The number of Topliss-reactive ketones (excluding diaryl/α,β-unsaturated/α-hetero) is 1. The minimum atomic E-state index is -1.02. The quantitative estimate of drug-likeness (QED) is 0.492. The van der Waals surface area contributed by atoms with Crippen LogP contribution in [0, 0.1) is 11.8 Å². The molecule has 0 aromatic carbocycles. The maximum atomic E-state index is 11.8. The first-order valence-corrected chi connectivity index (χ1v) is 5.38. The van der Waals surface area contributed by atoms with Crippen molar-refractivity contribution in [1.82, 2.24) is 0 Å². The Morgan fingerprint density at radius 2 is 2.07 bits per heavy atom. The first kappa shape index (κ1) is 12.2. The normalized spacial score (nSPS) is 25.8. The Morgan fingerprint density at radius 3 is 2.47 bits per heavy atom. The van der Waals surface area contributed by atoms with E-state index in [1.165, 1.54) is 7.11 Å². The van der Waals surface area contributed by atoms with Gasteiger partial charge in [-0.3, -0.25) is 4.79 Å². The molecule has 1 aliphatic carbocycles. The van der Waals surface area contributed by atoms with Gasteiger partial charge in [0.2, 0.25) is 6.10 Å². The summed E-state index contributed by atoms with van der Waals surface area (Å²) in [6.45, 7) is 4.03. The molecule has 0 radical (unpaired) electrons. The number of carbonyl (C=O) groups excluding carboxylic acids is 2. The first-order valence-electron chi connectivity index (χ1n) is 5.38. The maximum absolute atomic E-state index is 11.8. The van der Waals surface area contributed by atoms with Crippen LogP contribution in [0.4, 0.5) is 0 Å². The average molecular weight is 214 g/mol. The van der Waals surface area contributed by atoms with Crippen molar-refractivity contribution in [1.29, 1.82) is 0 Å². The summed E-state index contributed by atoms with van der Waals surface area (Å²) in [7, 11) is 1.36. The zero-order valence-corrected chi connectivity index (χ0v) is 9.49. The van der Waals surface area contributed by atoms with Crippen molar-refractivity contribution in [3.63, 3.8) is 0 Å². The lowest BCUT2D eigenvalue weighted by molar-refractivity contribution is -0.159. The smallest absolute Gasteiger partial charge is 0.343 e. The molecule has 0 N–H and O–H groups in total. The van der Waals surface area contributed by atoms with Crippen molar-refractivity contribution in [2.24, 2.45) is 11.8 Å². The number of rotatable bonds is 6. The molecule has 0 aromatic rings. The lowest BCUT2D eigenvalue weighted by Gasteiger charge is -2.12. The van der Waals surface area contributed by atoms with Crippen LogP contribution in [0.3, 0.4) is 0 Å². The summed E-state index contributed by atoms with van der Waals surface area (Å²) in [5.41, 5.74) is 0. The molecule has 0 aromatic heterocycles. The predicted molar refractivity (Wildman–Crippen MR) is 54.3 cm³/mol. The van der Waals surface area contributed by atoms with Crippen molar-refractivity contribution in [3.8, 4) is 0 Å². The third-order valence-electron chi connectivity index (χ3n) is 2.81. The second kappa shape index (κ2) is 5.26. The monoisotopic (exact) mass is 214 g/mol. The molecule has 0 amide bonds. The minimum Gasteiger partial charge on any atom is -0.464 e. The molecule has 0 spiro atoms. The zero-order valence-electron chi connectivity index (χ0n) is 9.49. The fraction of sp³-hybridized carbons (Fsp3) is 0.818. The lowest BCUT2D eigenvalue weighted by atomic mass is 10.1. The van der Waals surface area contributed by atoms with E-state index in [9.17, 15) is 9.59 Å². The Bertz CT molecular complexity index is 249. The Labute approximate surface area is 89.9 Å². The van der Waals surface area contributed by atoms with Crippen molar-refractivity contribution in [2.45, 2.75) is 32.8 Å². The third-order valence-corrected chi connectivity index (χ3v) is 2.81. The van der Waals surface area contributed by atoms with Gasteiger partial charge >= 0.3 is 5.97 Å². The molecule has 1 fully saturated rings. The van der Waals surface area contributed by atoms with Gasteiger partial charge in [-0.2, -0.15) is 0 Å². The van der Waals surface area contributed by atoms with Gasteiger partial charge in [-0.25, -0.2) is 4.79 Å². The van der Waals surface area contributed by atoms with Gasteiger partial charge in [0.05, 0.1) is 6.61 Å². The van der Waals surface area contributed by atoms with Gasteiger partial charge in [-0.1, -0.05) is 13.3 Å². The topological polar surface area (TPSA) is 52.6 Å². The summed E-state index contributed by atoms with van der Waals surface area (Å²) in [5, 5.41) is 0. The van der Waals surface area contributed by atoms with Crippen LogP contribution < -0.4 is 0 Å². The van der Waals surface area contributed by atoms with Crippen LogP contribution in [0.15, 0.2) is 0 Å². The van der Waals surface area contributed by atoms with Crippen LogP contribution in [0.1, 0.15) is 26.7 Å².